The first-order valence-corrected chi connectivity index (χ1v) is 15.9. The van der Waals surface area contributed by atoms with Crippen LogP contribution in [-0.4, -0.2) is 22.9 Å². The molecule has 200 valence electrons. The molecule has 0 radical (unpaired) electrons. The molecule has 0 spiro atoms. The van der Waals surface area contributed by atoms with Crippen LogP contribution in [-0.2, 0) is 9.59 Å². The molecular weight excluding hydrogens is 534 g/mol. The molecule has 4 saturated carbocycles. The van der Waals surface area contributed by atoms with Crippen LogP contribution < -0.4 is 5.32 Å². The predicted octanol–water partition coefficient (Wildman–Crippen LogP) is 7.30. The third kappa shape index (κ3) is 4.55. The lowest BCUT2D eigenvalue weighted by Crippen LogP contribution is -2.58. The Labute approximate surface area is 229 Å². The molecule has 2 N–H and O–H groups in total. The number of carbonyl (C=O) groups excluding carboxylic acids is 2. The molecule has 4 nitrogen and oxygen atoms in total. The van der Waals surface area contributed by atoms with E-state index in [0.29, 0.717) is 54.1 Å². The van der Waals surface area contributed by atoms with Crippen LogP contribution in [0.4, 0.5) is 0 Å². The number of carbonyl (C=O) groups is 2. The molecule has 1 amide bonds. The Balaban J connectivity index is 1.27. The van der Waals surface area contributed by atoms with Crippen molar-refractivity contribution >= 4 is 39.0 Å². The number of aliphatic hydroxyl groups is 1. The highest BCUT2D eigenvalue weighted by molar-refractivity contribution is 9.11. The number of hydrogen-bond donors (Lipinski definition) is 2. The highest BCUT2D eigenvalue weighted by atomic mass is 79.9. The molecule has 7 unspecified atom stereocenters. The molecule has 36 heavy (non-hydrogen) atoms. The van der Waals surface area contributed by atoms with Crippen LogP contribution in [0, 0.1) is 46.3 Å². The van der Waals surface area contributed by atoms with E-state index in [1.54, 1.807) is 11.3 Å². The van der Waals surface area contributed by atoms with E-state index in [9.17, 15) is 14.7 Å². The summed E-state index contributed by atoms with van der Waals surface area (Å²) >= 11 is 5.24. The Kier molecular flexibility index (Phi) is 7.55. The molecule has 1 aromatic heterocycles. The van der Waals surface area contributed by atoms with Crippen molar-refractivity contribution in [2.45, 2.75) is 104 Å². The second-order valence-electron chi connectivity index (χ2n) is 13.1. The van der Waals surface area contributed by atoms with Gasteiger partial charge in [-0.1, -0.05) is 27.7 Å². The maximum Gasteiger partial charge on any atom is 0.220 e. The van der Waals surface area contributed by atoms with Gasteiger partial charge in [-0.15, -0.1) is 11.3 Å². The number of aliphatic hydroxyl groups excluding tert-OH is 1. The van der Waals surface area contributed by atoms with Crippen LogP contribution in [0.5, 0.6) is 0 Å². The fourth-order valence-corrected chi connectivity index (χ4v) is 11.1. The van der Waals surface area contributed by atoms with Crippen LogP contribution in [0.25, 0.3) is 0 Å². The summed E-state index contributed by atoms with van der Waals surface area (Å²) in [5.41, 5.74) is 0.396. The topological polar surface area (TPSA) is 66.4 Å². The van der Waals surface area contributed by atoms with Gasteiger partial charge in [-0.3, -0.25) is 9.59 Å². The van der Waals surface area contributed by atoms with Crippen LogP contribution in [0.2, 0.25) is 0 Å². The Morgan fingerprint density at radius 3 is 2.64 bits per heavy atom. The van der Waals surface area contributed by atoms with Crippen molar-refractivity contribution in [1.82, 2.24) is 5.32 Å². The van der Waals surface area contributed by atoms with Crippen molar-refractivity contribution in [2.75, 3.05) is 0 Å². The first-order chi connectivity index (χ1) is 17.1. The molecular formula is C30H44BrNO3S. The molecule has 5 rings (SSSR count). The van der Waals surface area contributed by atoms with Gasteiger partial charge in [0.1, 0.15) is 5.78 Å². The molecule has 0 bridgehead atoms. The number of rotatable bonds is 6. The molecule has 0 saturated heterocycles. The first kappa shape index (κ1) is 26.9. The zero-order valence-electron chi connectivity index (χ0n) is 22.4. The van der Waals surface area contributed by atoms with E-state index in [4.69, 9.17) is 0 Å². The van der Waals surface area contributed by atoms with Gasteiger partial charge in [0.05, 0.1) is 15.9 Å². The molecule has 1 aromatic rings. The second kappa shape index (κ2) is 10.1. The summed E-state index contributed by atoms with van der Waals surface area (Å²) in [6.45, 7) is 9.33. The van der Waals surface area contributed by atoms with Gasteiger partial charge in [0.2, 0.25) is 5.91 Å². The van der Waals surface area contributed by atoms with Gasteiger partial charge in [-0.05, 0) is 119 Å². The number of halogens is 1. The van der Waals surface area contributed by atoms with E-state index in [1.165, 1.54) is 24.1 Å². The zero-order valence-corrected chi connectivity index (χ0v) is 24.8. The summed E-state index contributed by atoms with van der Waals surface area (Å²) in [6, 6.07) is 4.24. The summed E-state index contributed by atoms with van der Waals surface area (Å²) in [5.74, 6) is 3.19. The van der Waals surface area contributed by atoms with Crippen molar-refractivity contribution < 1.29 is 14.7 Å². The smallest absolute Gasteiger partial charge is 0.220 e. The molecule has 0 aromatic carbocycles. The van der Waals surface area contributed by atoms with Crippen molar-refractivity contribution in [3.63, 3.8) is 0 Å². The SMILES string of the molecule is CCC(NC(=O)C[C@@H](C)C1CC[C@H]2C3C(O)CC4CC(=O)CCC4(C)[C@H]3CCC12C)c1ccc(Br)s1. The average Bonchev–Trinajstić information content (AvgIpc) is 3.41. The van der Waals surface area contributed by atoms with Crippen molar-refractivity contribution in [1.29, 1.82) is 0 Å². The highest BCUT2D eigenvalue weighted by Gasteiger charge is 2.62. The van der Waals surface area contributed by atoms with Gasteiger partial charge in [0, 0.05) is 24.1 Å². The van der Waals surface area contributed by atoms with Gasteiger partial charge in [-0.25, -0.2) is 0 Å². The summed E-state index contributed by atoms with van der Waals surface area (Å²) < 4.78 is 1.10. The average molecular weight is 579 g/mol. The molecule has 1 heterocycles. The zero-order chi connectivity index (χ0) is 25.8. The van der Waals surface area contributed by atoms with E-state index in [0.717, 1.165) is 35.9 Å². The minimum Gasteiger partial charge on any atom is -0.393 e. The number of nitrogens with one attached hydrogen (secondary N) is 1. The lowest BCUT2D eigenvalue weighted by molar-refractivity contribution is -0.169. The number of Topliss-reactive ketones (excluding diaryl/α,β-unsaturated/α-hetero) is 1. The normalized spacial score (nSPS) is 41.7. The van der Waals surface area contributed by atoms with E-state index in [2.05, 4.69) is 61.1 Å². The van der Waals surface area contributed by atoms with Gasteiger partial charge in [0.15, 0.2) is 0 Å². The van der Waals surface area contributed by atoms with Crippen LogP contribution in [0.15, 0.2) is 15.9 Å². The van der Waals surface area contributed by atoms with Crippen molar-refractivity contribution in [2.24, 2.45) is 46.3 Å². The Morgan fingerprint density at radius 2 is 1.94 bits per heavy atom. The number of amides is 1. The summed E-state index contributed by atoms with van der Waals surface area (Å²) in [6.07, 6.45) is 9.09. The van der Waals surface area contributed by atoms with E-state index in [-0.39, 0.29) is 28.9 Å². The maximum absolute atomic E-state index is 13.1. The Hall–Kier alpha value is -0.720. The second-order valence-corrected chi connectivity index (χ2v) is 15.6. The van der Waals surface area contributed by atoms with Crippen molar-refractivity contribution in [3.05, 3.63) is 20.8 Å². The van der Waals surface area contributed by atoms with E-state index < -0.39 is 0 Å². The van der Waals surface area contributed by atoms with Gasteiger partial charge in [0.25, 0.3) is 0 Å². The summed E-state index contributed by atoms with van der Waals surface area (Å²) in [5, 5.41) is 14.7. The molecule has 6 heteroatoms. The van der Waals surface area contributed by atoms with Crippen molar-refractivity contribution in [3.8, 4) is 0 Å². The maximum atomic E-state index is 13.1. The molecule has 4 fully saturated rings. The quantitative estimate of drug-likeness (QED) is 0.372. The largest absolute Gasteiger partial charge is 0.393 e. The number of hydrogen-bond acceptors (Lipinski definition) is 4. The molecule has 4 aliphatic rings. The molecule has 4 aliphatic carbocycles. The minimum atomic E-state index is -0.281. The number of ketones is 1. The number of fused-ring (bicyclic) bond motifs is 5. The number of thiophene rings is 1. The van der Waals surface area contributed by atoms with Crippen LogP contribution in [0.3, 0.4) is 0 Å². The summed E-state index contributed by atoms with van der Waals surface area (Å²) in [4.78, 5) is 26.6. The first-order valence-electron chi connectivity index (χ1n) is 14.3. The minimum absolute atomic E-state index is 0.0804. The molecule has 10 atom stereocenters. The van der Waals surface area contributed by atoms with Gasteiger partial charge in [-0.2, -0.15) is 0 Å². The van der Waals surface area contributed by atoms with Crippen LogP contribution >= 0.6 is 27.3 Å². The standard InChI is InChI=1S/C30H44BrNO3S/c1-5-23(25-8-9-26(31)36-25)32-27(35)14-17(2)20-6-7-21-28-22(11-13-30(20,21)4)29(3)12-10-19(33)15-18(29)16-24(28)34/h8-9,17-18,20-24,28,34H,5-7,10-16H2,1-4H3,(H,32,35)/t17-,18?,20?,21+,22+,23?,24?,28?,29?,30?/m1/s1. The van der Waals surface area contributed by atoms with Gasteiger partial charge >= 0.3 is 0 Å². The Bertz CT molecular complexity index is 995. The predicted molar refractivity (Wildman–Crippen MR) is 149 cm³/mol. The van der Waals surface area contributed by atoms with E-state index in [1.807, 2.05) is 0 Å². The summed E-state index contributed by atoms with van der Waals surface area (Å²) in [7, 11) is 0. The monoisotopic (exact) mass is 577 g/mol. The molecule has 0 aliphatic heterocycles. The third-order valence-electron chi connectivity index (χ3n) is 11.4. The fraction of sp³-hybridized carbons (Fsp3) is 0.800. The van der Waals surface area contributed by atoms with Gasteiger partial charge < -0.3 is 10.4 Å². The Morgan fingerprint density at radius 1 is 1.19 bits per heavy atom. The van der Waals surface area contributed by atoms with Crippen LogP contribution in [0.1, 0.15) is 103 Å². The van der Waals surface area contributed by atoms with E-state index >= 15 is 0 Å². The third-order valence-corrected chi connectivity index (χ3v) is 13.2. The highest BCUT2D eigenvalue weighted by Crippen LogP contribution is 2.68. The lowest BCUT2D eigenvalue weighted by atomic mass is 9.44. The lowest BCUT2D eigenvalue weighted by Gasteiger charge is -2.61. The fourth-order valence-electron chi connectivity index (χ4n) is 9.57.